The lowest BCUT2D eigenvalue weighted by Gasteiger charge is -2.06. The van der Waals surface area contributed by atoms with Gasteiger partial charge in [-0.3, -0.25) is 0 Å². The van der Waals surface area contributed by atoms with Crippen LogP contribution in [0.5, 0.6) is 0 Å². The first-order valence-electron chi connectivity index (χ1n) is 4.66. The van der Waals surface area contributed by atoms with Crippen molar-refractivity contribution < 1.29 is 0 Å². The van der Waals surface area contributed by atoms with Gasteiger partial charge in [-0.25, -0.2) is 0 Å². The molecule has 0 fully saturated rings. The quantitative estimate of drug-likeness (QED) is 0.686. The SMILES string of the molecule is CC(C)CCCn1cnnc1CCl. The van der Waals surface area contributed by atoms with Crippen molar-refractivity contribution in [2.45, 2.75) is 39.1 Å². The first kappa shape index (κ1) is 10.5. The summed E-state index contributed by atoms with van der Waals surface area (Å²) in [7, 11) is 0. The van der Waals surface area contributed by atoms with Gasteiger partial charge in [0, 0.05) is 6.54 Å². The Hall–Kier alpha value is -0.570. The van der Waals surface area contributed by atoms with Crippen molar-refractivity contribution in [3.05, 3.63) is 12.2 Å². The van der Waals surface area contributed by atoms with E-state index in [0.29, 0.717) is 5.88 Å². The van der Waals surface area contributed by atoms with Crippen LogP contribution in [0, 0.1) is 5.92 Å². The van der Waals surface area contributed by atoms with E-state index in [0.717, 1.165) is 18.3 Å². The Bertz CT molecular complexity index is 245. The molecule has 1 heterocycles. The van der Waals surface area contributed by atoms with Crippen LogP contribution >= 0.6 is 11.6 Å². The Labute approximate surface area is 84.1 Å². The van der Waals surface area contributed by atoms with Gasteiger partial charge in [0.1, 0.15) is 12.2 Å². The van der Waals surface area contributed by atoms with Crippen LogP contribution in [-0.4, -0.2) is 14.8 Å². The Morgan fingerprint density at radius 1 is 1.54 bits per heavy atom. The molecule has 74 valence electrons. The maximum Gasteiger partial charge on any atom is 0.147 e. The van der Waals surface area contributed by atoms with Crippen molar-refractivity contribution in [2.75, 3.05) is 0 Å². The van der Waals surface area contributed by atoms with Crippen molar-refractivity contribution >= 4 is 11.6 Å². The third-order valence-corrected chi connectivity index (χ3v) is 2.23. The summed E-state index contributed by atoms with van der Waals surface area (Å²) >= 11 is 5.69. The molecule has 0 atom stereocenters. The molecule has 0 aliphatic heterocycles. The molecule has 13 heavy (non-hydrogen) atoms. The summed E-state index contributed by atoms with van der Waals surface area (Å²) in [5, 5.41) is 7.73. The van der Waals surface area contributed by atoms with Crippen LogP contribution in [0.15, 0.2) is 6.33 Å². The zero-order valence-corrected chi connectivity index (χ0v) is 8.96. The van der Waals surface area contributed by atoms with E-state index in [1.807, 2.05) is 4.57 Å². The van der Waals surface area contributed by atoms with E-state index in [2.05, 4.69) is 24.0 Å². The Balaban J connectivity index is 2.36. The monoisotopic (exact) mass is 201 g/mol. The second-order valence-corrected chi connectivity index (χ2v) is 3.88. The molecule has 0 radical (unpaired) electrons. The highest BCUT2D eigenvalue weighted by molar-refractivity contribution is 6.16. The fourth-order valence-electron chi connectivity index (χ4n) is 1.24. The molecule has 0 aliphatic rings. The number of aromatic nitrogens is 3. The van der Waals surface area contributed by atoms with Gasteiger partial charge >= 0.3 is 0 Å². The van der Waals surface area contributed by atoms with Gasteiger partial charge in [0.2, 0.25) is 0 Å². The molecule has 0 saturated carbocycles. The molecular weight excluding hydrogens is 186 g/mol. The number of alkyl halides is 1. The van der Waals surface area contributed by atoms with E-state index >= 15 is 0 Å². The minimum Gasteiger partial charge on any atom is -0.317 e. The van der Waals surface area contributed by atoms with Gasteiger partial charge in [0.25, 0.3) is 0 Å². The third-order valence-electron chi connectivity index (χ3n) is 2.00. The number of halogens is 1. The Morgan fingerprint density at radius 2 is 2.31 bits per heavy atom. The van der Waals surface area contributed by atoms with Gasteiger partial charge in [-0.2, -0.15) is 0 Å². The molecule has 0 aliphatic carbocycles. The number of nitrogens with zero attached hydrogens (tertiary/aromatic N) is 3. The van der Waals surface area contributed by atoms with E-state index in [-0.39, 0.29) is 0 Å². The predicted molar refractivity (Wildman–Crippen MR) is 53.7 cm³/mol. The Morgan fingerprint density at radius 3 is 2.92 bits per heavy atom. The van der Waals surface area contributed by atoms with Crippen LogP contribution < -0.4 is 0 Å². The number of hydrogen-bond acceptors (Lipinski definition) is 2. The molecule has 0 bridgehead atoms. The average Bonchev–Trinajstić information content (AvgIpc) is 2.51. The van der Waals surface area contributed by atoms with Crippen molar-refractivity contribution in [3.63, 3.8) is 0 Å². The fourth-order valence-corrected chi connectivity index (χ4v) is 1.45. The zero-order chi connectivity index (χ0) is 9.68. The maximum absolute atomic E-state index is 5.69. The van der Waals surface area contributed by atoms with Crippen molar-refractivity contribution in [3.8, 4) is 0 Å². The van der Waals surface area contributed by atoms with Crippen LogP contribution in [0.3, 0.4) is 0 Å². The lowest BCUT2D eigenvalue weighted by molar-refractivity contribution is 0.506. The van der Waals surface area contributed by atoms with Crippen molar-refractivity contribution in [2.24, 2.45) is 5.92 Å². The van der Waals surface area contributed by atoms with E-state index in [9.17, 15) is 0 Å². The predicted octanol–water partition coefficient (Wildman–Crippen LogP) is 2.45. The molecular formula is C9H16ClN3. The summed E-state index contributed by atoms with van der Waals surface area (Å²) < 4.78 is 2.02. The normalized spacial score (nSPS) is 11.1. The number of aryl methyl sites for hydroxylation is 1. The van der Waals surface area contributed by atoms with Crippen LogP contribution in [0.1, 0.15) is 32.5 Å². The van der Waals surface area contributed by atoms with Crippen LogP contribution in [-0.2, 0) is 12.4 Å². The second-order valence-electron chi connectivity index (χ2n) is 3.61. The zero-order valence-electron chi connectivity index (χ0n) is 8.20. The molecule has 4 heteroatoms. The molecule has 0 N–H and O–H groups in total. The minimum absolute atomic E-state index is 0.446. The Kier molecular flexibility index (Phi) is 4.22. The summed E-state index contributed by atoms with van der Waals surface area (Å²) in [6.07, 6.45) is 4.15. The molecule has 1 rings (SSSR count). The topological polar surface area (TPSA) is 30.7 Å². The van der Waals surface area contributed by atoms with Crippen LogP contribution in [0.2, 0.25) is 0 Å². The maximum atomic E-state index is 5.69. The van der Waals surface area contributed by atoms with Gasteiger partial charge in [-0.05, 0) is 18.8 Å². The molecule has 0 saturated heterocycles. The van der Waals surface area contributed by atoms with Gasteiger partial charge in [-0.1, -0.05) is 13.8 Å². The van der Waals surface area contributed by atoms with Crippen LogP contribution in [0.25, 0.3) is 0 Å². The number of rotatable bonds is 5. The van der Waals surface area contributed by atoms with E-state index in [4.69, 9.17) is 11.6 Å². The lowest BCUT2D eigenvalue weighted by atomic mass is 10.1. The van der Waals surface area contributed by atoms with Crippen LogP contribution in [0.4, 0.5) is 0 Å². The third kappa shape index (κ3) is 3.35. The van der Waals surface area contributed by atoms with Crippen molar-refractivity contribution in [1.82, 2.24) is 14.8 Å². The first-order valence-corrected chi connectivity index (χ1v) is 5.20. The van der Waals surface area contributed by atoms with E-state index in [1.54, 1.807) is 6.33 Å². The second kappa shape index (κ2) is 5.22. The molecule has 3 nitrogen and oxygen atoms in total. The van der Waals surface area contributed by atoms with E-state index < -0.39 is 0 Å². The molecule has 0 amide bonds. The van der Waals surface area contributed by atoms with Gasteiger partial charge in [0.05, 0.1) is 5.88 Å². The summed E-state index contributed by atoms with van der Waals surface area (Å²) in [6, 6.07) is 0. The number of hydrogen-bond donors (Lipinski definition) is 0. The molecule has 1 aromatic rings. The van der Waals surface area contributed by atoms with Crippen molar-refractivity contribution in [1.29, 1.82) is 0 Å². The summed E-state index contributed by atoms with van der Waals surface area (Å²) in [5.74, 6) is 2.07. The largest absolute Gasteiger partial charge is 0.317 e. The summed E-state index contributed by atoms with van der Waals surface area (Å²) in [6.45, 7) is 5.44. The summed E-state index contributed by atoms with van der Waals surface area (Å²) in [5.41, 5.74) is 0. The molecule has 0 spiro atoms. The lowest BCUT2D eigenvalue weighted by Crippen LogP contribution is -2.02. The summed E-state index contributed by atoms with van der Waals surface area (Å²) in [4.78, 5) is 0. The van der Waals surface area contributed by atoms with Gasteiger partial charge < -0.3 is 4.57 Å². The average molecular weight is 202 g/mol. The first-order chi connectivity index (χ1) is 6.24. The smallest absolute Gasteiger partial charge is 0.147 e. The van der Waals surface area contributed by atoms with Gasteiger partial charge in [-0.15, -0.1) is 21.8 Å². The highest BCUT2D eigenvalue weighted by atomic mass is 35.5. The molecule has 0 aromatic carbocycles. The minimum atomic E-state index is 0.446. The highest BCUT2D eigenvalue weighted by Gasteiger charge is 2.02. The standard InChI is InChI=1S/C9H16ClN3/c1-8(2)4-3-5-13-7-11-12-9(13)6-10/h7-8H,3-6H2,1-2H3. The fraction of sp³-hybridized carbons (Fsp3) is 0.778. The molecule has 0 unspecified atom stereocenters. The highest BCUT2D eigenvalue weighted by Crippen LogP contribution is 2.07. The van der Waals surface area contributed by atoms with E-state index in [1.165, 1.54) is 12.8 Å². The van der Waals surface area contributed by atoms with Gasteiger partial charge in [0.15, 0.2) is 0 Å². The molecule has 1 aromatic heterocycles.